The standard InChI is InChI=1S/C15H12ClN3OS3/c1-8-13(23-15(18-8)10-4-5-11(16)22-10)14(20)19-9-3-6-12(21-2)17-7-9/h3-7H,1-2H3,(H,19,20). The molecule has 3 heterocycles. The average Bonchev–Trinajstić information content (AvgIpc) is 3.14. The summed E-state index contributed by atoms with van der Waals surface area (Å²) in [6.45, 7) is 1.83. The van der Waals surface area contributed by atoms with Gasteiger partial charge >= 0.3 is 0 Å². The Bertz CT molecular complexity index is 842. The summed E-state index contributed by atoms with van der Waals surface area (Å²) >= 11 is 10.3. The quantitative estimate of drug-likeness (QED) is 0.631. The molecule has 0 radical (unpaired) electrons. The van der Waals surface area contributed by atoms with E-state index in [1.165, 1.54) is 22.7 Å². The Morgan fingerprint density at radius 3 is 2.70 bits per heavy atom. The number of thioether (sulfide) groups is 1. The largest absolute Gasteiger partial charge is 0.320 e. The molecule has 0 bridgehead atoms. The van der Waals surface area contributed by atoms with E-state index in [9.17, 15) is 4.79 Å². The van der Waals surface area contributed by atoms with Crippen molar-refractivity contribution in [3.8, 4) is 9.88 Å². The van der Waals surface area contributed by atoms with Crippen molar-refractivity contribution in [2.45, 2.75) is 11.9 Å². The van der Waals surface area contributed by atoms with E-state index in [1.807, 2.05) is 37.4 Å². The molecule has 4 nitrogen and oxygen atoms in total. The van der Waals surface area contributed by atoms with Crippen LogP contribution in [0.2, 0.25) is 4.34 Å². The second kappa shape index (κ2) is 7.00. The molecule has 118 valence electrons. The minimum atomic E-state index is -0.174. The molecule has 0 saturated carbocycles. The summed E-state index contributed by atoms with van der Waals surface area (Å²) in [5.74, 6) is -0.174. The Morgan fingerprint density at radius 2 is 2.09 bits per heavy atom. The number of hydrogen-bond acceptors (Lipinski definition) is 6. The van der Waals surface area contributed by atoms with Gasteiger partial charge in [-0.05, 0) is 37.4 Å². The zero-order valence-electron chi connectivity index (χ0n) is 12.3. The molecule has 1 amide bonds. The maximum Gasteiger partial charge on any atom is 0.267 e. The number of carbonyl (C=O) groups is 1. The van der Waals surface area contributed by atoms with Crippen LogP contribution in [0.1, 0.15) is 15.4 Å². The van der Waals surface area contributed by atoms with Crippen LogP contribution < -0.4 is 5.32 Å². The number of anilines is 1. The van der Waals surface area contributed by atoms with Crippen molar-refractivity contribution in [2.24, 2.45) is 0 Å². The number of halogens is 1. The number of carbonyl (C=O) groups excluding carboxylic acids is 1. The normalized spacial score (nSPS) is 10.7. The van der Waals surface area contributed by atoms with Gasteiger partial charge in [0.25, 0.3) is 5.91 Å². The number of aromatic nitrogens is 2. The highest BCUT2D eigenvalue weighted by Gasteiger charge is 2.17. The second-order valence-electron chi connectivity index (χ2n) is 4.58. The van der Waals surface area contributed by atoms with E-state index in [4.69, 9.17) is 11.6 Å². The molecule has 1 N–H and O–H groups in total. The third-order valence-electron chi connectivity index (χ3n) is 2.99. The van der Waals surface area contributed by atoms with Crippen LogP contribution in [0.3, 0.4) is 0 Å². The molecule has 0 aliphatic heterocycles. The third kappa shape index (κ3) is 3.74. The highest BCUT2D eigenvalue weighted by Crippen LogP contribution is 2.35. The van der Waals surface area contributed by atoms with E-state index in [0.29, 0.717) is 20.6 Å². The summed E-state index contributed by atoms with van der Waals surface area (Å²) < 4.78 is 0.707. The minimum Gasteiger partial charge on any atom is -0.320 e. The third-order valence-corrected chi connectivity index (χ3v) is 6.21. The molecule has 3 rings (SSSR count). The second-order valence-corrected chi connectivity index (χ2v) is 8.12. The number of rotatable bonds is 4. The first kappa shape index (κ1) is 16.4. The van der Waals surface area contributed by atoms with Gasteiger partial charge in [0.05, 0.1) is 31.8 Å². The van der Waals surface area contributed by atoms with Crippen LogP contribution in [0, 0.1) is 6.92 Å². The highest BCUT2D eigenvalue weighted by molar-refractivity contribution is 7.98. The van der Waals surface area contributed by atoms with Gasteiger partial charge in [-0.25, -0.2) is 9.97 Å². The fraction of sp³-hybridized carbons (Fsp3) is 0.133. The summed E-state index contributed by atoms with van der Waals surface area (Å²) in [5, 5.41) is 4.57. The first-order valence-electron chi connectivity index (χ1n) is 6.61. The number of thiophene rings is 1. The van der Waals surface area contributed by atoms with E-state index in [2.05, 4.69) is 15.3 Å². The summed E-state index contributed by atoms with van der Waals surface area (Å²) in [5.41, 5.74) is 1.38. The van der Waals surface area contributed by atoms with Gasteiger partial charge in [0.15, 0.2) is 0 Å². The number of nitrogens with one attached hydrogen (secondary N) is 1. The lowest BCUT2D eigenvalue weighted by Gasteiger charge is -2.04. The maximum absolute atomic E-state index is 12.4. The van der Waals surface area contributed by atoms with Crippen molar-refractivity contribution < 1.29 is 4.79 Å². The van der Waals surface area contributed by atoms with Crippen LogP contribution in [0.5, 0.6) is 0 Å². The van der Waals surface area contributed by atoms with Crippen molar-refractivity contribution in [3.63, 3.8) is 0 Å². The van der Waals surface area contributed by atoms with Crippen molar-refractivity contribution in [1.29, 1.82) is 0 Å². The molecule has 0 aliphatic rings. The lowest BCUT2D eigenvalue weighted by atomic mass is 10.3. The molecule has 0 aliphatic carbocycles. The molecule has 3 aromatic heterocycles. The van der Waals surface area contributed by atoms with E-state index in [0.717, 1.165) is 14.9 Å². The predicted octanol–water partition coefficient (Wildman–Crippen LogP) is 5.20. The molecule has 0 unspecified atom stereocenters. The van der Waals surface area contributed by atoms with Gasteiger partial charge in [-0.2, -0.15) is 0 Å². The molecular weight excluding hydrogens is 370 g/mol. The Morgan fingerprint density at radius 1 is 1.26 bits per heavy atom. The van der Waals surface area contributed by atoms with Gasteiger partial charge in [0.1, 0.15) is 9.88 Å². The number of aryl methyl sites for hydroxylation is 1. The molecule has 0 fully saturated rings. The van der Waals surface area contributed by atoms with Crippen LogP contribution in [0.4, 0.5) is 5.69 Å². The first-order chi connectivity index (χ1) is 11.1. The monoisotopic (exact) mass is 381 g/mol. The molecule has 0 atom stereocenters. The lowest BCUT2D eigenvalue weighted by Crippen LogP contribution is -2.11. The molecule has 3 aromatic rings. The van der Waals surface area contributed by atoms with Crippen LogP contribution in [0.25, 0.3) is 9.88 Å². The molecule has 8 heteroatoms. The fourth-order valence-corrected chi connectivity index (χ4v) is 4.33. The Kier molecular flexibility index (Phi) is 5.01. The fourth-order valence-electron chi connectivity index (χ4n) is 1.90. The Balaban J connectivity index is 1.80. The molecular formula is C15H12ClN3OS3. The van der Waals surface area contributed by atoms with Gasteiger partial charge in [0.2, 0.25) is 0 Å². The average molecular weight is 382 g/mol. The molecule has 23 heavy (non-hydrogen) atoms. The topological polar surface area (TPSA) is 54.9 Å². The van der Waals surface area contributed by atoms with Gasteiger partial charge in [-0.15, -0.1) is 34.4 Å². The smallest absolute Gasteiger partial charge is 0.267 e. The Hall–Kier alpha value is -1.41. The number of pyridine rings is 1. The van der Waals surface area contributed by atoms with Crippen molar-refractivity contribution in [3.05, 3.63) is 45.4 Å². The van der Waals surface area contributed by atoms with Crippen LogP contribution >= 0.6 is 46.0 Å². The van der Waals surface area contributed by atoms with E-state index in [-0.39, 0.29) is 5.91 Å². The first-order valence-corrected chi connectivity index (χ1v) is 9.85. The molecule has 0 saturated heterocycles. The van der Waals surface area contributed by atoms with Crippen LogP contribution in [0.15, 0.2) is 35.5 Å². The zero-order valence-corrected chi connectivity index (χ0v) is 15.5. The summed E-state index contributed by atoms with van der Waals surface area (Å²) in [6.07, 6.45) is 3.61. The van der Waals surface area contributed by atoms with Gasteiger partial charge < -0.3 is 5.32 Å². The van der Waals surface area contributed by atoms with E-state index < -0.39 is 0 Å². The lowest BCUT2D eigenvalue weighted by molar-refractivity contribution is 0.103. The van der Waals surface area contributed by atoms with Gasteiger partial charge in [-0.3, -0.25) is 4.79 Å². The molecule has 0 spiro atoms. The van der Waals surface area contributed by atoms with Crippen molar-refractivity contribution >= 4 is 57.6 Å². The van der Waals surface area contributed by atoms with Crippen LogP contribution in [-0.2, 0) is 0 Å². The van der Waals surface area contributed by atoms with E-state index >= 15 is 0 Å². The van der Waals surface area contributed by atoms with Gasteiger partial charge in [0, 0.05) is 0 Å². The maximum atomic E-state index is 12.4. The van der Waals surface area contributed by atoms with Gasteiger partial charge in [-0.1, -0.05) is 11.6 Å². The number of nitrogens with zero attached hydrogens (tertiary/aromatic N) is 2. The number of hydrogen-bond donors (Lipinski definition) is 1. The summed E-state index contributed by atoms with van der Waals surface area (Å²) in [7, 11) is 0. The SMILES string of the molecule is CSc1ccc(NC(=O)c2sc(-c3ccc(Cl)s3)nc2C)cn1. The summed E-state index contributed by atoms with van der Waals surface area (Å²) in [6, 6.07) is 7.46. The number of thiazole rings is 1. The molecule has 0 aromatic carbocycles. The van der Waals surface area contributed by atoms with Crippen molar-refractivity contribution in [1.82, 2.24) is 9.97 Å². The van der Waals surface area contributed by atoms with E-state index in [1.54, 1.807) is 18.0 Å². The zero-order chi connectivity index (χ0) is 16.4. The summed E-state index contributed by atoms with van der Waals surface area (Å²) in [4.78, 5) is 22.7. The predicted molar refractivity (Wildman–Crippen MR) is 99.1 cm³/mol. The Labute approximate surface area is 150 Å². The number of amides is 1. The minimum absolute atomic E-state index is 0.174. The highest BCUT2D eigenvalue weighted by atomic mass is 35.5. The van der Waals surface area contributed by atoms with Crippen molar-refractivity contribution in [2.75, 3.05) is 11.6 Å². The van der Waals surface area contributed by atoms with Crippen LogP contribution in [-0.4, -0.2) is 22.1 Å².